The topological polar surface area (TPSA) is 118 Å². The number of aromatic nitrogens is 3. The third-order valence-corrected chi connectivity index (χ3v) is 5.48. The van der Waals surface area contributed by atoms with E-state index in [1.807, 2.05) is 25.1 Å². The maximum Gasteiger partial charge on any atom is 0.261 e. The summed E-state index contributed by atoms with van der Waals surface area (Å²) in [5.41, 5.74) is 4.16. The first-order valence-corrected chi connectivity index (χ1v) is 10.1. The fourth-order valence-electron chi connectivity index (χ4n) is 3.62. The van der Waals surface area contributed by atoms with E-state index in [1.165, 1.54) is 0 Å². The first kappa shape index (κ1) is 20.7. The zero-order valence-corrected chi connectivity index (χ0v) is 17.5. The zero-order chi connectivity index (χ0) is 22.0. The Kier molecular flexibility index (Phi) is 5.76. The number of aliphatic hydroxyl groups is 1. The molecule has 0 aliphatic carbocycles. The third-order valence-electron chi connectivity index (χ3n) is 5.11. The summed E-state index contributed by atoms with van der Waals surface area (Å²) >= 11 is 6.26. The zero-order valence-electron chi connectivity index (χ0n) is 16.7. The van der Waals surface area contributed by atoms with Gasteiger partial charge in [-0.15, -0.1) is 0 Å². The highest BCUT2D eigenvalue weighted by Crippen LogP contribution is 2.27. The van der Waals surface area contributed by atoms with Gasteiger partial charge in [0.05, 0.1) is 41.0 Å². The van der Waals surface area contributed by atoms with Crippen LogP contribution < -0.4 is 10.9 Å². The fraction of sp³-hybridized carbons (Fsp3) is 0.174. The second-order valence-electron chi connectivity index (χ2n) is 7.30. The van der Waals surface area contributed by atoms with Crippen LogP contribution in [0.4, 0.5) is 5.69 Å². The highest BCUT2D eigenvalue weighted by molar-refractivity contribution is 6.31. The number of H-pyrrole nitrogens is 2. The molecule has 4 aromatic rings. The maximum absolute atomic E-state index is 12.7. The lowest BCUT2D eigenvalue weighted by Gasteiger charge is -2.19. The van der Waals surface area contributed by atoms with Crippen LogP contribution in [0.25, 0.3) is 22.4 Å². The Hall–Kier alpha value is -3.60. The Morgan fingerprint density at radius 2 is 2.10 bits per heavy atom. The van der Waals surface area contributed by atoms with Gasteiger partial charge in [-0.05, 0) is 48.7 Å². The van der Waals surface area contributed by atoms with Gasteiger partial charge in [-0.2, -0.15) is 5.26 Å². The molecule has 4 N–H and O–H groups in total. The van der Waals surface area contributed by atoms with Crippen LogP contribution in [0.3, 0.4) is 0 Å². The number of fused-ring (bicyclic) bond motifs is 1. The van der Waals surface area contributed by atoms with E-state index < -0.39 is 0 Å². The van der Waals surface area contributed by atoms with Crippen molar-refractivity contribution in [3.05, 3.63) is 80.7 Å². The molecule has 2 aromatic carbocycles. The van der Waals surface area contributed by atoms with Crippen LogP contribution in [0.1, 0.15) is 16.7 Å². The largest absolute Gasteiger partial charge is 0.394 e. The lowest BCUT2D eigenvalue weighted by atomic mass is 10.1. The Bertz CT molecular complexity index is 1350. The molecule has 0 amide bonds. The number of aliphatic hydroxyl groups excluding tert-OH is 1. The minimum Gasteiger partial charge on any atom is -0.394 e. The number of nitrogens with one attached hydrogen (secondary N) is 3. The number of nitriles is 1. The van der Waals surface area contributed by atoms with Crippen LogP contribution >= 0.6 is 11.6 Å². The van der Waals surface area contributed by atoms with Gasteiger partial charge in [-0.25, -0.2) is 4.98 Å². The molecule has 0 aliphatic heterocycles. The number of hydrogen-bond acceptors (Lipinski definition) is 5. The quantitative estimate of drug-likeness (QED) is 0.369. The number of aryl methyl sites for hydroxylation is 1. The molecular weight excluding hydrogens is 414 g/mol. The molecule has 0 aliphatic rings. The van der Waals surface area contributed by atoms with Crippen molar-refractivity contribution in [1.82, 2.24) is 15.0 Å². The summed E-state index contributed by atoms with van der Waals surface area (Å²) < 4.78 is 0. The van der Waals surface area contributed by atoms with Crippen molar-refractivity contribution in [2.24, 2.45) is 0 Å². The van der Waals surface area contributed by atoms with E-state index in [-0.39, 0.29) is 18.2 Å². The van der Waals surface area contributed by atoms with E-state index in [0.717, 1.165) is 11.1 Å². The van der Waals surface area contributed by atoms with Gasteiger partial charge in [-0.3, -0.25) is 4.79 Å². The minimum atomic E-state index is -0.364. The lowest BCUT2D eigenvalue weighted by Crippen LogP contribution is -2.28. The smallest absolute Gasteiger partial charge is 0.261 e. The standard InChI is InChI=1S/C23H20ClN5O2/c1-13-8-14(11-25)9-19-21(13)29-22(28-19)20-18(6-7-26-23(20)31)27-16(12-30)10-15-4-2-3-5-17(15)24/h2-9,16,30H,10,12H2,1H3,(H,28,29)(H2,26,27,31). The number of pyridine rings is 1. The first-order valence-electron chi connectivity index (χ1n) is 9.73. The van der Waals surface area contributed by atoms with Crippen molar-refractivity contribution in [2.45, 2.75) is 19.4 Å². The molecule has 0 radical (unpaired) electrons. The Morgan fingerprint density at radius 3 is 2.84 bits per heavy atom. The molecule has 0 fully saturated rings. The van der Waals surface area contributed by atoms with Crippen molar-refractivity contribution in [3.63, 3.8) is 0 Å². The summed E-state index contributed by atoms with van der Waals surface area (Å²) in [6.45, 7) is 1.72. The van der Waals surface area contributed by atoms with Crippen LogP contribution in [0.2, 0.25) is 5.02 Å². The van der Waals surface area contributed by atoms with Crippen LogP contribution in [-0.4, -0.2) is 32.7 Å². The molecule has 7 nitrogen and oxygen atoms in total. The van der Waals surface area contributed by atoms with Gasteiger partial charge in [-0.1, -0.05) is 29.8 Å². The highest BCUT2D eigenvalue weighted by atomic mass is 35.5. The minimum absolute atomic E-state index is 0.151. The number of nitrogens with zero attached hydrogens (tertiary/aromatic N) is 2. The van der Waals surface area contributed by atoms with Crippen molar-refractivity contribution in [2.75, 3.05) is 11.9 Å². The maximum atomic E-state index is 12.7. The van der Waals surface area contributed by atoms with E-state index in [2.05, 4.69) is 26.3 Å². The van der Waals surface area contributed by atoms with Gasteiger partial charge in [0.1, 0.15) is 11.4 Å². The molecule has 2 heterocycles. The summed E-state index contributed by atoms with van der Waals surface area (Å²) in [4.78, 5) is 23.1. The molecule has 0 saturated carbocycles. The van der Waals surface area contributed by atoms with E-state index in [1.54, 1.807) is 30.5 Å². The van der Waals surface area contributed by atoms with Crippen molar-refractivity contribution in [1.29, 1.82) is 5.26 Å². The van der Waals surface area contributed by atoms with E-state index >= 15 is 0 Å². The summed E-state index contributed by atoms with van der Waals surface area (Å²) in [7, 11) is 0. The van der Waals surface area contributed by atoms with Crippen LogP contribution in [0.5, 0.6) is 0 Å². The van der Waals surface area contributed by atoms with Gasteiger partial charge in [0.25, 0.3) is 5.56 Å². The van der Waals surface area contributed by atoms with Crippen molar-refractivity contribution in [3.8, 4) is 17.5 Å². The molecule has 0 spiro atoms. The molecule has 4 rings (SSSR count). The normalized spacial score (nSPS) is 11.9. The highest BCUT2D eigenvalue weighted by Gasteiger charge is 2.18. The molecule has 31 heavy (non-hydrogen) atoms. The van der Waals surface area contributed by atoms with Crippen LogP contribution in [0.15, 0.2) is 53.5 Å². The van der Waals surface area contributed by atoms with Crippen molar-refractivity contribution >= 4 is 28.3 Å². The Morgan fingerprint density at radius 1 is 1.29 bits per heavy atom. The summed E-state index contributed by atoms with van der Waals surface area (Å²) in [5.74, 6) is 0.381. The molecule has 8 heteroatoms. The molecular formula is C23H20ClN5O2. The lowest BCUT2D eigenvalue weighted by molar-refractivity contribution is 0.274. The fourth-order valence-corrected chi connectivity index (χ4v) is 3.83. The molecule has 0 saturated heterocycles. The van der Waals surface area contributed by atoms with E-state index in [9.17, 15) is 15.2 Å². The van der Waals surface area contributed by atoms with Gasteiger partial charge in [0.15, 0.2) is 0 Å². The SMILES string of the molecule is Cc1cc(C#N)cc2[nH]c(-c3c(NC(CO)Cc4ccccc4Cl)cc[nH]c3=O)nc12. The van der Waals surface area contributed by atoms with Crippen LogP contribution in [0, 0.1) is 18.3 Å². The average molecular weight is 434 g/mol. The summed E-state index contributed by atoms with van der Waals surface area (Å²) in [6, 6.07) is 14.4. The third kappa shape index (κ3) is 4.17. The number of halogens is 1. The number of anilines is 1. The number of rotatable bonds is 6. The molecule has 1 atom stereocenters. The predicted molar refractivity (Wildman–Crippen MR) is 121 cm³/mol. The first-order chi connectivity index (χ1) is 15.0. The van der Waals surface area contributed by atoms with Gasteiger partial charge in [0.2, 0.25) is 0 Å². The number of imidazole rings is 1. The summed E-state index contributed by atoms with van der Waals surface area (Å²) in [5, 5.41) is 23.0. The van der Waals surface area contributed by atoms with E-state index in [4.69, 9.17) is 11.6 Å². The monoisotopic (exact) mass is 433 g/mol. The van der Waals surface area contributed by atoms with Gasteiger partial charge in [0, 0.05) is 11.2 Å². The molecule has 1 unspecified atom stereocenters. The Labute approximate surface area is 183 Å². The average Bonchev–Trinajstić information content (AvgIpc) is 3.19. The summed E-state index contributed by atoms with van der Waals surface area (Å²) in [6.07, 6.45) is 2.02. The second-order valence-corrected chi connectivity index (χ2v) is 7.71. The van der Waals surface area contributed by atoms with Gasteiger partial charge >= 0.3 is 0 Å². The second kappa shape index (κ2) is 8.64. The number of benzene rings is 2. The number of hydrogen-bond donors (Lipinski definition) is 4. The predicted octanol–water partition coefficient (Wildman–Crippen LogP) is 3.77. The van der Waals surface area contributed by atoms with Crippen LogP contribution in [-0.2, 0) is 6.42 Å². The van der Waals surface area contributed by atoms with Gasteiger partial charge < -0.3 is 20.4 Å². The Balaban J connectivity index is 1.73. The molecule has 156 valence electrons. The number of aromatic amines is 2. The molecule has 2 aromatic heterocycles. The van der Waals surface area contributed by atoms with Crippen molar-refractivity contribution < 1.29 is 5.11 Å². The molecule has 0 bridgehead atoms. The van der Waals surface area contributed by atoms with E-state index in [0.29, 0.717) is 45.1 Å².